The van der Waals surface area contributed by atoms with E-state index in [9.17, 15) is 4.79 Å². The summed E-state index contributed by atoms with van der Waals surface area (Å²) in [6.45, 7) is 1.83. The molecule has 0 aliphatic heterocycles. The molecule has 0 unspecified atom stereocenters. The predicted molar refractivity (Wildman–Crippen MR) is 59.2 cm³/mol. The van der Waals surface area contributed by atoms with Gasteiger partial charge in [0.1, 0.15) is 11.6 Å². The number of hydrogen-bond acceptors (Lipinski definition) is 4. The average molecular weight is 221 g/mol. The van der Waals surface area contributed by atoms with Crippen LogP contribution in [-0.4, -0.2) is 27.1 Å². The van der Waals surface area contributed by atoms with Crippen LogP contribution in [0.15, 0.2) is 12.3 Å². The van der Waals surface area contributed by atoms with Crippen molar-refractivity contribution in [3.05, 3.63) is 18.1 Å². The quantitative estimate of drug-likeness (QED) is 0.808. The van der Waals surface area contributed by atoms with Crippen LogP contribution in [-0.2, 0) is 4.79 Å². The molecule has 2 atom stereocenters. The van der Waals surface area contributed by atoms with E-state index < -0.39 is 5.97 Å². The van der Waals surface area contributed by atoms with Gasteiger partial charge >= 0.3 is 5.97 Å². The number of carbonyl (C=O) groups is 1. The Morgan fingerprint density at radius 2 is 2.38 bits per heavy atom. The summed E-state index contributed by atoms with van der Waals surface area (Å²) in [4.78, 5) is 19.0. The van der Waals surface area contributed by atoms with Gasteiger partial charge in [-0.3, -0.25) is 4.79 Å². The zero-order valence-corrected chi connectivity index (χ0v) is 9.18. The monoisotopic (exact) mass is 221 g/mol. The van der Waals surface area contributed by atoms with E-state index in [1.54, 1.807) is 12.3 Å². The van der Waals surface area contributed by atoms with Crippen molar-refractivity contribution in [1.82, 2.24) is 9.97 Å². The van der Waals surface area contributed by atoms with E-state index in [-0.39, 0.29) is 12.0 Å². The molecule has 2 N–H and O–H groups in total. The molecule has 1 aromatic heterocycles. The largest absolute Gasteiger partial charge is 0.481 e. The first-order chi connectivity index (χ1) is 7.65. The van der Waals surface area contributed by atoms with Crippen molar-refractivity contribution < 1.29 is 9.90 Å². The van der Waals surface area contributed by atoms with E-state index in [4.69, 9.17) is 5.11 Å². The molecule has 0 spiro atoms. The summed E-state index contributed by atoms with van der Waals surface area (Å²) < 4.78 is 0. The molecular weight excluding hydrogens is 206 g/mol. The van der Waals surface area contributed by atoms with Crippen LogP contribution in [0.2, 0.25) is 0 Å². The van der Waals surface area contributed by atoms with Gasteiger partial charge in [0.15, 0.2) is 0 Å². The minimum absolute atomic E-state index is 0.208. The van der Waals surface area contributed by atoms with Gasteiger partial charge in [0, 0.05) is 12.2 Å². The van der Waals surface area contributed by atoms with Gasteiger partial charge in [-0.15, -0.1) is 0 Å². The predicted octanol–water partition coefficient (Wildman–Crippen LogP) is 1.45. The van der Waals surface area contributed by atoms with Gasteiger partial charge in [-0.2, -0.15) is 0 Å². The third kappa shape index (κ3) is 2.48. The van der Waals surface area contributed by atoms with Gasteiger partial charge in [0.25, 0.3) is 0 Å². The van der Waals surface area contributed by atoms with Gasteiger partial charge < -0.3 is 10.4 Å². The molecular formula is C11H15N3O2. The van der Waals surface area contributed by atoms with Gasteiger partial charge in [-0.1, -0.05) is 0 Å². The Kier molecular flexibility index (Phi) is 3.03. The lowest BCUT2D eigenvalue weighted by Gasteiger charge is -2.12. The summed E-state index contributed by atoms with van der Waals surface area (Å²) in [6.07, 6.45) is 4.02. The second kappa shape index (κ2) is 4.47. The van der Waals surface area contributed by atoms with E-state index in [2.05, 4.69) is 15.3 Å². The highest BCUT2D eigenvalue weighted by Gasteiger charge is 2.29. The topological polar surface area (TPSA) is 75.1 Å². The number of carboxylic acids is 1. The van der Waals surface area contributed by atoms with Crippen molar-refractivity contribution in [2.75, 3.05) is 5.32 Å². The molecule has 1 aliphatic carbocycles. The van der Waals surface area contributed by atoms with Crippen molar-refractivity contribution >= 4 is 11.8 Å². The number of rotatable bonds is 3. The molecule has 1 aromatic rings. The number of aryl methyl sites for hydroxylation is 1. The third-order valence-corrected chi connectivity index (χ3v) is 2.91. The molecule has 1 saturated carbocycles. The van der Waals surface area contributed by atoms with Crippen molar-refractivity contribution in [3.8, 4) is 0 Å². The number of aliphatic carboxylic acids is 1. The number of aromatic nitrogens is 2. The molecule has 1 fully saturated rings. The molecule has 0 aromatic carbocycles. The van der Waals surface area contributed by atoms with Crippen molar-refractivity contribution in [2.45, 2.75) is 32.2 Å². The summed E-state index contributed by atoms with van der Waals surface area (Å²) in [7, 11) is 0. The first-order valence-electron chi connectivity index (χ1n) is 5.44. The maximum absolute atomic E-state index is 10.8. The Morgan fingerprint density at radius 3 is 3.00 bits per heavy atom. The second-order valence-corrected chi connectivity index (χ2v) is 4.18. The fourth-order valence-corrected chi connectivity index (χ4v) is 2.08. The van der Waals surface area contributed by atoms with Gasteiger partial charge in [0.2, 0.25) is 0 Å². The Morgan fingerprint density at radius 1 is 1.56 bits per heavy atom. The smallest absolute Gasteiger partial charge is 0.306 e. The van der Waals surface area contributed by atoms with Crippen LogP contribution in [0.3, 0.4) is 0 Å². The Labute approximate surface area is 93.9 Å². The second-order valence-electron chi connectivity index (χ2n) is 4.18. The van der Waals surface area contributed by atoms with E-state index in [0.717, 1.165) is 24.5 Å². The van der Waals surface area contributed by atoms with Gasteiger partial charge in [0.05, 0.1) is 5.92 Å². The van der Waals surface area contributed by atoms with Crippen LogP contribution in [0.25, 0.3) is 0 Å². The normalized spacial score (nSPS) is 24.3. The minimum atomic E-state index is -0.692. The van der Waals surface area contributed by atoms with Crippen LogP contribution < -0.4 is 5.32 Å². The average Bonchev–Trinajstić information content (AvgIpc) is 2.66. The lowest BCUT2D eigenvalue weighted by molar-refractivity contribution is -0.141. The maximum atomic E-state index is 10.8. The van der Waals surface area contributed by atoms with Gasteiger partial charge in [-0.05, 0) is 32.3 Å². The summed E-state index contributed by atoms with van der Waals surface area (Å²) in [6, 6.07) is 2.02. The first kappa shape index (κ1) is 10.9. The molecule has 1 aliphatic rings. The van der Waals surface area contributed by atoms with Crippen molar-refractivity contribution in [3.63, 3.8) is 0 Å². The number of nitrogens with one attached hydrogen (secondary N) is 1. The van der Waals surface area contributed by atoms with Crippen LogP contribution in [0.5, 0.6) is 0 Å². The fourth-order valence-electron chi connectivity index (χ4n) is 2.08. The summed E-state index contributed by atoms with van der Waals surface area (Å²) in [5.74, 6) is 0.602. The van der Waals surface area contributed by atoms with Crippen LogP contribution in [0.4, 0.5) is 5.82 Å². The fraction of sp³-hybridized carbons (Fsp3) is 0.545. The highest BCUT2D eigenvalue weighted by Crippen LogP contribution is 2.27. The van der Waals surface area contributed by atoms with E-state index in [1.165, 1.54) is 0 Å². The summed E-state index contributed by atoms with van der Waals surface area (Å²) in [5.41, 5.74) is 0. The Balaban J connectivity index is 1.94. The molecule has 2 rings (SSSR count). The first-order valence-corrected chi connectivity index (χ1v) is 5.44. The van der Waals surface area contributed by atoms with Crippen molar-refractivity contribution in [2.24, 2.45) is 5.92 Å². The zero-order valence-electron chi connectivity index (χ0n) is 9.18. The van der Waals surface area contributed by atoms with Gasteiger partial charge in [-0.25, -0.2) is 9.97 Å². The highest BCUT2D eigenvalue weighted by atomic mass is 16.4. The molecule has 16 heavy (non-hydrogen) atoms. The standard InChI is InChI=1S/C11H15N3O2/c1-7-12-5-4-10(13-7)14-9-3-2-8(6-9)11(15)16/h4-5,8-9H,2-3,6H2,1H3,(H,15,16)(H,12,13,14)/t8-,9+/m1/s1. The maximum Gasteiger partial charge on any atom is 0.306 e. The molecule has 0 amide bonds. The lowest BCUT2D eigenvalue weighted by atomic mass is 10.1. The highest BCUT2D eigenvalue weighted by molar-refractivity contribution is 5.70. The lowest BCUT2D eigenvalue weighted by Crippen LogP contribution is -2.18. The van der Waals surface area contributed by atoms with Crippen LogP contribution in [0, 0.1) is 12.8 Å². The third-order valence-electron chi connectivity index (χ3n) is 2.91. The number of anilines is 1. The Hall–Kier alpha value is -1.65. The molecule has 86 valence electrons. The SMILES string of the molecule is Cc1nccc(N[C@H]2CC[C@@H](C(=O)O)C2)n1. The number of carboxylic acid groups (broad SMARTS) is 1. The zero-order chi connectivity index (χ0) is 11.5. The summed E-state index contributed by atoms with van der Waals surface area (Å²) >= 11 is 0. The van der Waals surface area contributed by atoms with Crippen LogP contribution >= 0.6 is 0 Å². The minimum Gasteiger partial charge on any atom is -0.481 e. The van der Waals surface area contributed by atoms with E-state index in [0.29, 0.717) is 6.42 Å². The Bertz CT molecular complexity index is 395. The molecule has 5 nitrogen and oxygen atoms in total. The molecule has 0 radical (unpaired) electrons. The summed E-state index contributed by atoms with van der Waals surface area (Å²) in [5, 5.41) is 12.1. The van der Waals surface area contributed by atoms with Crippen molar-refractivity contribution in [1.29, 1.82) is 0 Å². The molecule has 0 bridgehead atoms. The van der Waals surface area contributed by atoms with E-state index in [1.807, 2.05) is 6.92 Å². The number of nitrogens with zero attached hydrogens (tertiary/aromatic N) is 2. The number of hydrogen-bond donors (Lipinski definition) is 2. The molecule has 0 saturated heterocycles. The molecule has 5 heteroatoms. The molecule has 1 heterocycles. The van der Waals surface area contributed by atoms with E-state index >= 15 is 0 Å². The van der Waals surface area contributed by atoms with Crippen LogP contribution in [0.1, 0.15) is 25.1 Å².